The zero-order valence-corrected chi connectivity index (χ0v) is 15.4. The fraction of sp³-hybridized carbons (Fsp3) is 0.0500. The van der Waals surface area contributed by atoms with Gasteiger partial charge in [0, 0.05) is 10.6 Å². The van der Waals surface area contributed by atoms with Crippen molar-refractivity contribution in [1.29, 1.82) is 5.26 Å². The van der Waals surface area contributed by atoms with Gasteiger partial charge in [-0.3, -0.25) is 4.79 Å². The molecule has 7 heteroatoms. The summed E-state index contributed by atoms with van der Waals surface area (Å²) in [7, 11) is 0. The molecule has 1 amide bonds. The smallest absolute Gasteiger partial charge is 0.261 e. The van der Waals surface area contributed by atoms with E-state index in [2.05, 4.69) is 10.5 Å². The summed E-state index contributed by atoms with van der Waals surface area (Å²) < 4.78 is 5.65. The Morgan fingerprint density at radius 3 is 2.63 bits per heavy atom. The third-order valence-electron chi connectivity index (χ3n) is 3.71. The van der Waals surface area contributed by atoms with Gasteiger partial charge in [0.2, 0.25) is 0 Å². The zero-order chi connectivity index (χ0) is 19.2. The van der Waals surface area contributed by atoms with Crippen molar-refractivity contribution in [2.24, 2.45) is 5.10 Å². The summed E-state index contributed by atoms with van der Waals surface area (Å²) in [6.07, 6.45) is 1.35. The average Bonchev–Trinajstić information content (AvgIpc) is 3.12. The van der Waals surface area contributed by atoms with Crippen LogP contribution in [0.1, 0.15) is 17.2 Å². The molecule has 0 saturated carbocycles. The molecule has 0 spiro atoms. The lowest BCUT2D eigenvalue weighted by Gasteiger charge is -2.06. The molecule has 134 valence electrons. The number of rotatable bonds is 5. The number of hydrogen-bond acceptors (Lipinski definition) is 4. The highest BCUT2D eigenvalue weighted by atomic mass is 35.5. The monoisotopic (exact) mass is 397 g/mol. The maximum absolute atomic E-state index is 12.2. The van der Waals surface area contributed by atoms with Crippen LogP contribution in [0, 0.1) is 11.3 Å². The molecule has 0 unspecified atom stereocenters. The highest BCUT2D eigenvalue weighted by molar-refractivity contribution is 6.36. The Kier molecular flexibility index (Phi) is 5.92. The van der Waals surface area contributed by atoms with Gasteiger partial charge in [0.25, 0.3) is 5.91 Å². The van der Waals surface area contributed by atoms with E-state index in [0.717, 1.165) is 0 Å². The van der Waals surface area contributed by atoms with Crippen LogP contribution in [0.4, 0.5) is 0 Å². The summed E-state index contributed by atoms with van der Waals surface area (Å²) in [5.41, 5.74) is 3.65. The number of hydrogen-bond donors (Lipinski definition) is 1. The zero-order valence-electron chi connectivity index (χ0n) is 13.9. The highest BCUT2D eigenvalue weighted by Gasteiger charge is 2.19. The number of furan rings is 1. The largest absolute Gasteiger partial charge is 0.455 e. The van der Waals surface area contributed by atoms with Crippen molar-refractivity contribution < 1.29 is 9.21 Å². The van der Waals surface area contributed by atoms with Crippen LogP contribution in [0.25, 0.3) is 11.3 Å². The number of nitrogens with zero attached hydrogens (tertiary/aromatic N) is 2. The van der Waals surface area contributed by atoms with Crippen LogP contribution in [-0.2, 0) is 4.79 Å². The Balaban J connectivity index is 1.68. The second-order valence-corrected chi connectivity index (χ2v) is 6.38. The molecule has 1 atom stereocenters. The molecule has 0 fully saturated rings. The molecule has 0 aliphatic heterocycles. The molecule has 5 nitrogen and oxygen atoms in total. The minimum absolute atomic E-state index is 0.421. The fourth-order valence-electron chi connectivity index (χ4n) is 2.41. The van der Waals surface area contributed by atoms with E-state index in [1.165, 1.54) is 6.21 Å². The predicted molar refractivity (Wildman–Crippen MR) is 105 cm³/mol. The molecule has 27 heavy (non-hydrogen) atoms. The summed E-state index contributed by atoms with van der Waals surface area (Å²) >= 11 is 12.1. The van der Waals surface area contributed by atoms with Crippen LogP contribution >= 0.6 is 23.2 Å². The van der Waals surface area contributed by atoms with E-state index in [-0.39, 0.29) is 0 Å². The maximum atomic E-state index is 12.2. The first-order valence-corrected chi connectivity index (χ1v) is 8.67. The van der Waals surface area contributed by atoms with Gasteiger partial charge in [-0.15, -0.1) is 0 Å². The molecular weight excluding hydrogens is 385 g/mol. The lowest BCUT2D eigenvalue weighted by atomic mass is 10.0. The van der Waals surface area contributed by atoms with Crippen molar-refractivity contribution in [3.05, 3.63) is 82.0 Å². The lowest BCUT2D eigenvalue weighted by molar-refractivity contribution is -0.121. The van der Waals surface area contributed by atoms with Crippen LogP contribution in [0.5, 0.6) is 0 Å². The van der Waals surface area contributed by atoms with Gasteiger partial charge in [-0.05, 0) is 35.9 Å². The SMILES string of the molecule is N#C[C@H](C(=O)N/N=C\c1ccc(-c2ccc(Cl)cc2Cl)o1)c1ccccc1. The van der Waals surface area contributed by atoms with Crippen LogP contribution < -0.4 is 5.43 Å². The van der Waals surface area contributed by atoms with E-state index in [1.54, 1.807) is 54.6 Å². The number of carbonyl (C=O) groups excluding carboxylic acids is 1. The molecular formula is C20H13Cl2N3O2. The Morgan fingerprint density at radius 1 is 1.15 bits per heavy atom. The van der Waals surface area contributed by atoms with Gasteiger partial charge < -0.3 is 4.42 Å². The first-order chi connectivity index (χ1) is 13.1. The number of amides is 1. The van der Waals surface area contributed by atoms with Gasteiger partial charge >= 0.3 is 0 Å². The van der Waals surface area contributed by atoms with E-state index in [0.29, 0.717) is 32.7 Å². The van der Waals surface area contributed by atoms with Crippen molar-refractivity contribution in [2.75, 3.05) is 0 Å². The van der Waals surface area contributed by atoms with E-state index in [4.69, 9.17) is 27.6 Å². The van der Waals surface area contributed by atoms with Crippen LogP contribution in [-0.4, -0.2) is 12.1 Å². The van der Waals surface area contributed by atoms with Gasteiger partial charge in [0.1, 0.15) is 11.5 Å². The number of nitrogens with one attached hydrogen (secondary N) is 1. The molecule has 0 bridgehead atoms. The second-order valence-electron chi connectivity index (χ2n) is 5.53. The molecule has 1 N–H and O–H groups in total. The Hall–Kier alpha value is -3.07. The van der Waals surface area contributed by atoms with E-state index < -0.39 is 11.8 Å². The Bertz CT molecular complexity index is 1020. The van der Waals surface area contributed by atoms with Crippen LogP contribution in [0.2, 0.25) is 10.0 Å². The summed E-state index contributed by atoms with van der Waals surface area (Å²) in [5.74, 6) is -0.496. The van der Waals surface area contributed by atoms with Gasteiger partial charge in [0.15, 0.2) is 5.92 Å². The topological polar surface area (TPSA) is 78.4 Å². The molecule has 0 radical (unpaired) electrons. The number of benzene rings is 2. The first-order valence-electron chi connectivity index (χ1n) is 7.91. The van der Waals surface area contributed by atoms with Gasteiger partial charge in [-0.1, -0.05) is 53.5 Å². The molecule has 0 saturated heterocycles. The minimum atomic E-state index is -0.941. The van der Waals surface area contributed by atoms with E-state index in [9.17, 15) is 10.1 Å². The molecule has 3 aromatic rings. The van der Waals surface area contributed by atoms with Crippen molar-refractivity contribution in [2.45, 2.75) is 5.92 Å². The standard InChI is InChI=1S/C20H13Cl2N3O2/c21-14-6-8-16(18(22)10-14)19-9-7-15(27-19)12-24-25-20(26)17(11-23)13-4-2-1-3-5-13/h1-10,12,17H,(H,25,26)/b24-12-/t17-/m0/s1. The third-order valence-corrected chi connectivity index (χ3v) is 4.26. The van der Waals surface area contributed by atoms with E-state index in [1.807, 2.05) is 12.1 Å². The van der Waals surface area contributed by atoms with Gasteiger partial charge in [-0.25, -0.2) is 5.43 Å². The maximum Gasteiger partial charge on any atom is 0.261 e. The number of halogens is 2. The van der Waals surface area contributed by atoms with Crippen molar-refractivity contribution in [3.63, 3.8) is 0 Å². The molecule has 1 heterocycles. The fourth-order valence-corrected chi connectivity index (χ4v) is 2.91. The second kappa shape index (κ2) is 8.54. The highest BCUT2D eigenvalue weighted by Crippen LogP contribution is 2.31. The van der Waals surface area contributed by atoms with Crippen molar-refractivity contribution >= 4 is 35.3 Å². The normalized spacial score (nSPS) is 11.9. The third kappa shape index (κ3) is 4.56. The van der Waals surface area contributed by atoms with Gasteiger partial charge in [-0.2, -0.15) is 10.4 Å². The van der Waals surface area contributed by atoms with E-state index >= 15 is 0 Å². The number of nitriles is 1. The molecule has 1 aromatic heterocycles. The molecule has 0 aliphatic rings. The predicted octanol–water partition coefficient (Wildman–Crippen LogP) is 5.01. The van der Waals surface area contributed by atoms with Gasteiger partial charge in [0.05, 0.1) is 17.3 Å². The Morgan fingerprint density at radius 2 is 1.93 bits per heavy atom. The number of hydrazone groups is 1. The van der Waals surface area contributed by atoms with Crippen molar-refractivity contribution in [3.8, 4) is 17.4 Å². The summed E-state index contributed by atoms with van der Waals surface area (Å²) in [6, 6.07) is 19.3. The summed E-state index contributed by atoms with van der Waals surface area (Å²) in [6.45, 7) is 0. The first kappa shape index (κ1) is 18.7. The number of carbonyl (C=O) groups is 1. The summed E-state index contributed by atoms with van der Waals surface area (Å²) in [5, 5.41) is 14.1. The quantitative estimate of drug-likeness (QED) is 0.485. The molecule has 3 rings (SSSR count). The Labute approximate surface area is 165 Å². The molecule has 0 aliphatic carbocycles. The lowest BCUT2D eigenvalue weighted by Crippen LogP contribution is -2.24. The average molecular weight is 398 g/mol. The molecule has 2 aromatic carbocycles. The minimum Gasteiger partial charge on any atom is -0.455 e. The van der Waals surface area contributed by atoms with Crippen LogP contribution in [0.3, 0.4) is 0 Å². The summed E-state index contributed by atoms with van der Waals surface area (Å²) in [4.78, 5) is 12.2. The van der Waals surface area contributed by atoms with Crippen LogP contribution in [0.15, 0.2) is 70.2 Å². The van der Waals surface area contributed by atoms with Crippen molar-refractivity contribution in [1.82, 2.24) is 5.43 Å².